The van der Waals surface area contributed by atoms with E-state index in [2.05, 4.69) is 4.98 Å². The van der Waals surface area contributed by atoms with E-state index in [9.17, 15) is 23.9 Å². The van der Waals surface area contributed by atoms with E-state index in [1.54, 1.807) is 6.07 Å². The number of H-pyrrole nitrogens is 1. The molecule has 1 saturated heterocycles. The lowest BCUT2D eigenvalue weighted by Crippen LogP contribution is -2.40. The van der Waals surface area contributed by atoms with E-state index in [0.29, 0.717) is 16.8 Å². The number of rotatable bonds is 4. The van der Waals surface area contributed by atoms with Crippen molar-refractivity contribution in [3.63, 3.8) is 0 Å². The van der Waals surface area contributed by atoms with Crippen LogP contribution in [0.4, 0.5) is 9.18 Å². The summed E-state index contributed by atoms with van der Waals surface area (Å²) in [5.74, 6) is 0.0651. The van der Waals surface area contributed by atoms with Crippen molar-refractivity contribution in [1.82, 2.24) is 9.88 Å². The van der Waals surface area contributed by atoms with Crippen LogP contribution in [0.25, 0.3) is 11.3 Å². The Morgan fingerprint density at radius 2 is 1.74 bits per heavy atom. The smallest absolute Gasteiger partial charge is 0.410 e. The zero-order valence-electron chi connectivity index (χ0n) is 19.9. The number of nitrogens with two attached hydrogens (primary N) is 1. The molecule has 0 radical (unpaired) electrons. The predicted octanol–water partition coefficient (Wildman–Crippen LogP) is 3.36. The summed E-state index contributed by atoms with van der Waals surface area (Å²) in [5, 5.41) is 9.33. The first-order valence-corrected chi connectivity index (χ1v) is 11.2. The molecular formula is C25H32FN3O5. The number of pyridine rings is 1. The maximum absolute atomic E-state index is 12.9. The standard InChI is InChI=1S/C15H15FN2O3.C10H17NO2/c1-15(8-17,14(20)21)10-6-12(18-13(19)7-10)9-2-4-11(16)5-3-9;1-10(2,3)13-9(12)11-5-7-4-8(7)6-11/h2-7H,8,17H2,1H3,(H,18,19)(H,20,21);7-8H,4-6H2,1-3H3. The van der Waals surface area contributed by atoms with Gasteiger partial charge in [0.25, 0.3) is 0 Å². The van der Waals surface area contributed by atoms with Crippen molar-refractivity contribution < 1.29 is 23.8 Å². The molecule has 2 fully saturated rings. The number of aromatic nitrogens is 1. The van der Waals surface area contributed by atoms with Gasteiger partial charge in [0.15, 0.2) is 0 Å². The third-order valence-corrected chi connectivity index (χ3v) is 6.15. The number of ether oxygens (including phenoxy) is 1. The van der Waals surface area contributed by atoms with Crippen molar-refractivity contribution in [3.8, 4) is 11.3 Å². The maximum atomic E-state index is 12.9. The number of carbonyl (C=O) groups is 2. The summed E-state index contributed by atoms with van der Waals surface area (Å²) in [6.07, 6.45) is 1.18. The first-order valence-electron chi connectivity index (χ1n) is 11.2. The molecule has 1 amide bonds. The second kappa shape index (κ2) is 9.58. The number of hydrogen-bond donors (Lipinski definition) is 3. The highest BCUT2D eigenvalue weighted by molar-refractivity contribution is 5.81. The highest BCUT2D eigenvalue weighted by Crippen LogP contribution is 2.45. The van der Waals surface area contributed by atoms with Gasteiger partial charge in [0.2, 0.25) is 5.56 Å². The molecule has 1 aromatic carbocycles. The Kier molecular flexibility index (Phi) is 7.16. The van der Waals surface area contributed by atoms with E-state index in [1.807, 2.05) is 25.7 Å². The molecule has 1 aromatic heterocycles. The van der Waals surface area contributed by atoms with E-state index in [1.165, 1.54) is 43.7 Å². The van der Waals surface area contributed by atoms with Crippen LogP contribution in [-0.4, -0.2) is 52.3 Å². The third kappa shape index (κ3) is 6.02. The van der Waals surface area contributed by atoms with Crippen LogP contribution in [0, 0.1) is 17.7 Å². The Balaban J connectivity index is 0.000000212. The number of aliphatic carboxylic acids is 1. The zero-order valence-corrected chi connectivity index (χ0v) is 19.9. The van der Waals surface area contributed by atoms with Crippen molar-refractivity contribution in [3.05, 3.63) is 58.1 Å². The fourth-order valence-corrected chi connectivity index (χ4v) is 3.85. The van der Waals surface area contributed by atoms with Crippen molar-refractivity contribution >= 4 is 12.1 Å². The minimum Gasteiger partial charge on any atom is -0.481 e. The van der Waals surface area contributed by atoms with Crippen molar-refractivity contribution in [2.24, 2.45) is 17.6 Å². The molecule has 2 aromatic rings. The number of benzene rings is 1. The van der Waals surface area contributed by atoms with E-state index in [4.69, 9.17) is 10.5 Å². The molecule has 4 rings (SSSR count). The number of halogens is 1. The average Bonchev–Trinajstić information content (AvgIpc) is 3.37. The molecule has 8 nitrogen and oxygen atoms in total. The Morgan fingerprint density at radius 3 is 2.24 bits per heavy atom. The monoisotopic (exact) mass is 473 g/mol. The number of carboxylic acids is 1. The molecule has 2 aliphatic rings. The number of amides is 1. The Hall–Kier alpha value is -3.20. The number of likely N-dealkylation sites (tertiary alicyclic amines) is 1. The van der Waals surface area contributed by atoms with Gasteiger partial charge < -0.3 is 25.5 Å². The van der Waals surface area contributed by atoms with Gasteiger partial charge in [0, 0.05) is 31.4 Å². The number of fused-ring (bicyclic) bond motifs is 1. The topological polar surface area (TPSA) is 126 Å². The van der Waals surface area contributed by atoms with Gasteiger partial charge in [-0.1, -0.05) is 0 Å². The molecule has 1 aliphatic carbocycles. The number of piperidine rings is 1. The molecule has 184 valence electrons. The van der Waals surface area contributed by atoms with Crippen LogP contribution in [0.5, 0.6) is 0 Å². The summed E-state index contributed by atoms with van der Waals surface area (Å²) in [5.41, 5.74) is 4.71. The lowest BCUT2D eigenvalue weighted by Gasteiger charge is -2.25. The molecule has 3 unspecified atom stereocenters. The van der Waals surface area contributed by atoms with Crippen LogP contribution < -0.4 is 11.3 Å². The summed E-state index contributed by atoms with van der Waals surface area (Å²) < 4.78 is 18.2. The molecule has 1 aliphatic heterocycles. The van der Waals surface area contributed by atoms with Crippen LogP contribution in [0.3, 0.4) is 0 Å². The van der Waals surface area contributed by atoms with Crippen molar-refractivity contribution in [2.75, 3.05) is 19.6 Å². The van der Waals surface area contributed by atoms with Gasteiger partial charge >= 0.3 is 12.1 Å². The van der Waals surface area contributed by atoms with Crippen LogP contribution >= 0.6 is 0 Å². The highest BCUT2D eigenvalue weighted by atomic mass is 19.1. The zero-order chi connectivity index (χ0) is 25.3. The number of carboxylic acid groups (broad SMARTS) is 1. The molecule has 0 spiro atoms. The summed E-state index contributed by atoms with van der Waals surface area (Å²) >= 11 is 0. The Bertz CT molecular complexity index is 1100. The Labute approximate surface area is 197 Å². The number of nitrogens with zero attached hydrogens (tertiary/aromatic N) is 1. The Morgan fingerprint density at radius 1 is 1.15 bits per heavy atom. The first kappa shape index (κ1) is 25.4. The quantitative estimate of drug-likeness (QED) is 0.625. The molecule has 3 atom stereocenters. The molecule has 9 heteroatoms. The van der Waals surface area contributed by atoms with Crippen molar-refractivity contribution in [1.29, 1.82) is 0 Å². The summed E-state index contributed by atoms with van der Waals surface area (Å²) in [6.45, 7) is 8.86. The maximum Gasteiger partial charge on any atom is 0.410 e. The van der Waals surface area contributed by atoms with Crippen LogP contribution in [-0.2, 0) is 14.9 Å². The van der Waals surface area contributed by atoms with E-state index in [0.717, 1.165) is 24.9 Å². The largest absolute Gasteiger partial charge is 0.481 e. The van der Waals surface area contributed by atoms with Gasteiger partial charge in [0.05, 0.1) is 0 Å². The molecule has 0 bridgehead atoms. The van der Waals surface area contributed by atoms with Gasteiger partial charge in [-0.2, -0.15) is 0 Å². The number of carbonyl (C=O) groups excluding carboxylic acids is 1. The lowest BCUT2D eigenvalue weighted by atomic mass is 9.82. The second-order valence-electron chi connectivity index (χ2n) is 10.1. The molecule has 34 heavy (non-hydrogen) atoms. The minimum absolute atomic E-state index is 0.139. The lowest BCUT2D eigenvalue weighted by molar-refractivity contribution is -0.142. The van der Waals surface area contributed by atoms with Crippen LogP contribution in [0.15, 0.2) is 41.2 Å². The second-order valence-corrected chi connectivity index (χ2v) is 10.1. The first-order chi connectivity index (χ1) is 15.8. The highest BCUT2D eigenvalue weighted by Gasteiger charge is 2.47. The van der Waals surface area contributed by atoms with E-state index < -0.39 is 22.8 Å². The van der Waals surface area contributed by atoms with Gasteiger partial charge in [-0.3, -0.25) is 9.59 Å². The van der Waals surface area contributed by atoms with Crippen LogP contribution in [0.2, 0.25) is 0 Å². The third-order valence-electron chi connectivity index (χ3n) is 6.15. The van der Waals surface area contributed by atoms with Gasteiger partial charge in [-0.25, -0.2) is 9.18 Å². The van der Waals surface area contributed by atoms with Crippen molar-refractivity contribution in [2.45, 2.75) is 45.1 Å². The van der Waals surface area contributed by atoms with Gasteiger partial charge in [-0.15, -0.1) is 0 Å². The minimum atomic E-state index is -1.36. The molecular weight excluding hydrogens is 441 g/mol. The van der Waals surface area contributed by atoms with Gasteiger partial charge in [0.1, 0.15) is 16.8 Å². The fraction of sp³-hybridized carbons (Fsp3) is 0.480. The number of nitrogens with one attached hydrogen (secondary N) is 1. The number of aromatic amines is 1. The normalized spacial score (nSPS) is 20.5. The molecule has 2 heterocycles. The summed E-state index contributed by atoms with van der Waals surface area (Å²) in [4.78, 5) is 39.2. The SMILES string of the molecule is CC(C)(C)OC(=O)N1CC2CC2C1.CC(CN)(C(=O)O)c1cc(-c2ccc(F)cc2)[nH]c(=O)c1. The predicted molar refractivity (Wildman–Crippen MR) is 126 cm³/mol. The molecule has 4 N–H and O–H groups in total. The number of hydrogen-bond acceptors (Lipinski definition) is 5. The molecule has 1 saturated carbocycles. The summed E-state index contributed by atoms with van der Waals surface area (Å²) in [6, 6.07) is 8.30. The summed E-state index contributed by atoms with van der Waals surface area (Å²) in [7, 11) is 0. The average molecular weight is 474 g/mol. The van der Waals surface area contributed by atoms with Gasteiger partial charge in [-0.05, 0) is 87.4 Å². The van der Waals surface area contributed by atoms with E-state index in [-0.39, 0.29) is 18.2 Å². The van der Waals surface area contributed by atoms with E-state index >= 15 is 0 Å². The van der Waals surface area contributed by atoms with Crippen LogP contribution in [0.1, 0.15) is 39.7 Å². The fourth-order valence-electron chi connectivity index (χ4n) is 3.85.